The second-order valence-corrected chi connectivity index (χ2v) is 8.97. The van der Waals surface area contributed by atoms with Crippen molar-refractivity contribution in [2.24, 2.45) is 0 Å². The molecule has 0 spiro atoms. The van der Waals surface area contributed by atoms with Crippen LogP contribution in [0.1, 0.15) is 5.56 Å². The molecule has 0 unspecified atom stereocenters. The molecule has 0 saturated heterocycles. The summed E-state index contributed by atoms with van der Waals surface area (Å²) in [6, 6.07) is 16.2. The van der Waals surface area contributed by atoms with Gasteiger partial charge in [-0.3, -0.25) is 9.10 Å². The number of halogens is 2. The molecule has 0 radical (unpaired) electrons. The summed E-state index contributed by atoms with van der Waals surface area (Å²) in [6.07, 6.45) is 0. The molecule has 0 saturated carbocycles. The Bertz CT molecular complexity index is 1200. The van der Waals surface area contributed by atoms with Crippen molar-refractivity contribution in [1.82, 2.24) is 0 Å². The number of benzene rings is 3. The van der Waals surface area contributed by atoms with E-state index in [1.165, 1.54) is 49.6 Å². The molecule has 0 aromatic heterocycles. The van der Waals surface area contributed by atoms with Crippen molar-refractivity contribution in [3.63, 3.8) is 0 Å². The molecule has 0 aliphatic heterocycles. The van der Waals surface area contributed by atoms with E-state index in [2.05, 4.69) is 5.32 Å². The molecule has 9 heteroatoms. The van der Waals surface area contributed by atoms with Crippen LogP contribution in [0.3, 0.4) is 0 Å². The summed E-state index contributed by atoms with van der Waals surface area (Å²) in [5, 5.41) is 2.66. The SMILES string of the molecule is COc1ccc(Cl)cc1N(CC(=O)Nc1ccccc1F)S(=O)(=O)c1ccc(C)cc1. The lowest BCUT2D eigenvalue weighted by Gasteiger charge is -2.26. The number of sulfonamides is 1. The number of amides is 1. The van der Waals surface area contributed by atoms with E-state index < -0.39 is 28.3 Å². The maximum atomic E-state index is 13.9. The zero-order chi connectivity index (χ0) is 22.6. The van der Waals surface area contributed by atoms with Crippen LogP contribution in [0, 0.1) is 12.7 Å². The smallest absolute Gasteiger partial charge is 0.264 e. The lowest BCUT2D eigenvalue weighted by Crippen LogP contribution is -2.38. The highest BCUT2D eigenvalue weighted by atomic mass is 35.5. The van der Waals surface area contributed by atoms with Crippen LogP contribution >= 0.6 is 11.6 Å². The third kappa shape index (κ3) is 5.15. The molecule has 0 fully saturated rings. The van der Waals surface area contributed by atoms with E-state index in [4.69, 9.17) is 16.3 Å². The summed E-state index contributed by atoms with van der Waals surface area (Å²) < 4.78 is 47.0. The van der Waals surface area contributed by atoms with Gasteiger partial charge in [-0.05, 0) is 49.4 Å². The Morgan fingerprint density at radius 1 is 1.10 bits per heavy atom. The van der Waals surface area contributed by atoms with Gasteiger partial charge in [0.25, 0.3) is 10.0 Å². The third-order valence-corrected chi connectivity index (χ3v) is 6.46. The van der Waals surface area contributed by atoms with Crippen molar-refractivity contribution < 1.29 is 22.3 Å². The number of nitrogens with one attached hydrogen (secondary N) is 1. The van der Waals surface area contributed by atoms with Gasteiger partial charge in [0.05, 0.1) is 23.4 Å². The van der Waals surface area contributed by atoms with E-state index in [-0.39, 0.29) is 27.0 Å². The Labute approximate surface area is 185 Å². The minimum Gasteiger partial charge on any atom is -0.495 e. The molecule has 162 valence electrons. The van der Waals surface area contributed by atoms with Gasteiger partial charge >= 0.3 is 0 Å². The van der Waals surface area contributed by atoms with Gasteiger partial charge in [-0.1, -0.05) is 41.4 Å². The van der Waals surface area contributed by atoms with Crippen LogP contribution in [0.4, 0.5) is 15.8 Å². The van der Waals surface area contributed by atoms with E-state index in [0.717, 1.165) is 9.87 Å². The van der Waals surface area contributed by atoms with Gasteiger partial charge in [0.2, 0.25) is 5.91 Å². The largest absolute Gasteiger partial charge is 0.495 e. The van der Waals surface area contributed by atoms with Crippen LogP contribution in [-0.2, 0) is 14.8 Å². The quantitative estimate of drug-likeness (QED) is 0.555. The average molecular weight is 463 g/mol. The van der Waals surface area contributed by atoms with Crippen molar-refractivity contribution in [2.75, 3.05) is 23.3 Å². The zero-order valence-corrected chi connectivity index (χ0v) is 18.4. The molecule has 0 aliphatic carbocycles. The maximum Gasteiger partial charge on any atom is 0.264 e. The first kappa shape index (κ1) is 22.6. The highest BCUT2D eigenvalue weighted by molar-refractivity contribution is 7.92. The van der Waals surface area contributed by atoms with Crippen LogP contribution in [0.5, 0.6) is 5.75 Å². The number of aryl methyl sites for hydroxylation is 1. The van der Waals surface area contributed by atoms with Gasteiger partial charge < -0.3 is 10.1 Å². The number of hydrogen-bond acceptors (Lipinski definition) is 4. The Balaban J connectivity index is 2.04. The Morgan fingerprint density at radius 2 is 1.77 bits per heavy atom. The molecule has 3 aromatic rings. The van der Waals surface area contributed by atoms with Gasteiger partial charge in [-0.15, -0.1) is 0 Å². The number of ether oxygens (including phenoxy) is 1. The Hall–Kier alpha value is -3.10. The number of methoxy groups -OCH3 is 1. The van der Waals surface area contributed by atoms with Crippen molar-refractivity contribution in [1.29, 1.82) is 0 Å². The fourth-order valence-electron chi connectivity index (χ4n) is 2.88. The van der Waals surface area contributed by atoms with Crippen molar-refractivity contribution in [3.05, 3.63) is 83.1 Å². The minimum absolute atomic E-state index is 0.0150. The van der Waals surface area contributed by atoms with Crippen molar-refractivity contribution >= 4 is 38.9 Å². The van der Waals surface area contributed by atoms with Crippen LogP contribution in [-0.4, -0.2) is 28.0 Å². The molecule has 3 aromatic carbocycles. The second-order valence-electron chi connectivity index (χ2n) is 6.67. The first-order valence-corrected chi connectivity index (χ1v) is 11.0. The van der Waals surface area contributed by atoms with E-state index in [9.17, 15) is 17.6 Å². The number of carbonyl (C=O) groups is 1. The summed E-state index contributed by atoms with van der Waals surface area (Å²) in [5.41, 5.74) is 0.903. The number of rotatable bonds is 7. The monoisotopic (exact) mass is 462 g/mol. The van der Waals surface area contributed by atoms with Gasteiger partial charge in [-0.2, -0.15) is 0 Å². The number of nitrogens with zero attached hydrogens (tertiary/aromatic N) is 1. The molecule has 0 aliphatic rings. The summed E-state index contributed by atoms with van der Waals surface area (Å²) in [5.74, 6) is -1.16. The molecule has 0 heterocycles. The Kier molecular flexibility index (Phi) is 6.82. The topological polar surface area (TPSA) is 75.7 Å². The molecule has 6 nitrogen and oxygen atoms in total. The molecule has 0 atom stereocenters. The lowest BCUT2D eigenvalue weighted by atomic mass is 10.2. The Morgan fingerprint density at radius 3 is 2.42 bits per heavy atom. The van der Waals surface area contributed by atoms with E-state index in [1.54, 1.807) is 24.3 Å². The van der Waals surface area contributed by atoms with E-state index in [1.807, 2.05) is 6.92 Å². The number of hydrogen-bond donors (Lipinski definition) is 1. The molecule has 1 N–H and O–H groups in total. The summed E-state index contributed by atoms with van der Waals surface area (Å²) in [6.45, 7) is 1.21. The first-order chi connectivity index (χ1) is 14.7. The summed E-state index contributed by atoms with van der Waals surface area (Å²) >= 11 is 6.09. The molecule has 31 heavy (non-hydrogen) atoms. The predicted molar refractivity (Wildman–Crippen MR) is 119 cm³/mol. The van der Waals surface area contributed by atoms with Crippen molar-refractivity contribution in [3.8, 4) is 5.75 Å². The summed E-state index contributed by atoms with van der Waals surface area (Å²) in [7, 11) is -2.80. The summed E-state index contributed by atoms with van der Waals surface area (Å²) in [4.78, 5) is 12.7. The van der Waals surface area contributed by atoms with Crippen LogP contribution in [0.15, 0.2) is 71.6 Å². The molecule has 1 amide bonds. The van der Waals surface area contributed by atoms with Gasteiger partial charge in [0, 0.05) is 5.02 Å². The normalized spacial score (nSPS) is 11.1. The second kappa shape index (κ2) is 9.36. The zero-order valence-electron chi connectivity index (χ0n) is 16.8. The van der Waals surface area contributed by atoms with Crippen LogP contribution in [0.2, 0.25) is 5.02 Å². The number of para-hydroxylation sites is 1. The fraction of sp³-hybridized carbons (Fsp3) is 0.136. The highest BCUT2D eigenvalue weighted by Gasteiger charge is 2.30. The average Bonchev–Trinajstić information content (AvgIpc) is 2.74. The fourth-order valence-corrected chi connectivity index (χ4v) is 4.47. The predicted octanol–water partition coefficient (Wildman–Crippen LogP) is 4.63. The minimum atomic E-state index is -4.18. The first-order valence-electron chi connectivity index (χ1n) is 9.19. The standard InChI is InChI=1S/C22H20ClFN2O4S/c1-15-7-10-17(11-8-15)31(28,29)26(20-13-16(23)9-12-21(20)30-2)14-22(27)25-19-6-4-3-5-18(19)24/h3-13H,14H2,1-2H3,(H,25,27). The van der Waals surface area contributed by atoms with Gasteiger partial charge in [0.1, 0.15) is 18.1 Å². The number of anilines is 2. The van der Waals surface area contributed by atoms with Crippen LogP contribution < -0.4 is 14.4 Å². The van der Waals surface area contributed by atoms with Gasteiger partial charge in [0.15, 0.2) is 0 Å². The van der Waals surface area contributed by atoms with Crippen LogP contribution in [0.25, 0.3) is 0 Å². The molecule has 0 bridgehead atoms. The highest BCUT2D eigenvalue weighted by Crippen LogP contribution is 2.35. The molecule has 3 rings (SSSR count). The number of carbonyl (C=O) groups excluding carboxylic acids is 1. The molecular weight excluding hydrogens is 443 g/mol. The van der Waals surface area contributed by atoms with Crippen molar-refractivity contribution in [2.45, 2.75) is 11.8 Å². The van der Waals surface area contributed by atoms with E-state index >= 15 is 0 Å². The maximum absolute atomic E-state index is 13.9. The third-order valence-electron chi connectivity index (χ3n) is 4.45. The van der Waals surface area contributed by atoms with Gasteiger partial charge in [-0.25, -0.2) is 12.8 Å². The lowest BCUT2D eigenvalue weighted by molar-refractivity contribution is -0.114. The molecular formula is C22H20ClFN2O4S. The van der Waals surface area contributed by atoms with E-state index in [0.29, 0.717) is 0 Å².